The number of nitrogens with one attached hydrogen (secondary N) is 2. The van der Waals surface area contributed by atoms with Crippen LogP contribution in [0.3, 0.4) is 0 Å². The molecular formula is C18H19Cl2N3O5S. The van der Waals surface area contributed by atoms with E-state index >= 15 is 0 Å². The monoisotopic (exact) mass is 459 g/mol. The van der Waals surface area contributed by atoms with Gasteiger partial charge in [0.15, 0.2) is 12.4 Å². The first-order valence-electron chi connectivity index (χ1n) is 8.44. The van der Waals surface area contributed by atoms with Crippen molar-refractivity contribution < 1.29 is 23.6 Å². The third-order valence-electron chi connectivity index (χ3n) is 3.62. The van der Waals surface area contributed by atoms with E-state index in [0.29, 0.717) is 23.0 Å². The van der Waals surface area contributed by atoms with Crippen LogP contribution in [0.15, 0.2) is 28.8 Å². The Morgan fingerprint density at radius 3 is 2.66 bits per heavy atom. The Hall–Kier alpha value is -2.23. The zero-order valence-electron chi connectivity index (χ0n) is 15.7. The van der Waals surface area contributed by atoms with Crippen molar-refractivity contribution in [2.45, 2.75) is 19.4 Å². The molecule has 0 aliphatic heterocycles. The van der Waals surface area contributed by atoms with Crippen molar-refractivity contribution in [3.8, 4) is 0 Å². The van der Waals surface area contributed by atoms with Crippen LogP contribution in [0.4, 0.5) is 5.82 Å². The first-order valence-corrected chi connectivity index (χ1v) is 10.6. The Morgan fingerprint density at radius 1 is 1.28 bits per heavy atom. The van der Waals surface area contributed by atoms with Gasteiger partial charge in [-0.1, -0.05) is 28.4 Å². The van der Waals surface area contributed by atoms with Crippen LogP contribution in [0.5, 0.6) is 0 Å². The van der Waals surface area contributed by atoms with Crippen LogP contribution in [0.25, 0.3) is 0 Å². The molecule has 0 aliphatic rings. The maximum Gasteiger partial charge on any atom is 0.329 e. The van der Waals surface area contributed by atoms with Crippen LogP contribution in [0.1, 0.15) is 22.5 Å². The van der Waals surface area contributed by atoms with Gasteiger partial charge in [0.1, 0.15) is 11.8 Å². The fourth-order valence-electron chi connectivity index (χ4n) is 2.24. The molecule has 0 fully saturated rings. The van der Waals surface area contributed by atoms with Crippen molar-refractivity contribution in [1.29, 1.82) is 0 Å². The van der Waals surface area contributed by atoms with Crippen molar-refractivity contribution in [3.63, 3.8) is 0 Å². The predicted octanol–water partition coefficient (Wildman–Crippen LogP) is 3.32. The van der Waals surface area contributed by atoms with Gasteiger partial charge in [0.05, 0.1) is 10.6 Å². The number of thioether (sulfide) groups is 1. The Balaban J connectivity index is 1.95. The van der Waals surface area contributed by atoms with Crippen LogP contribution in [-0.4, -0.2) is 47.6 Å². The molecule has 1 aromatic carbocycles. The molecule has 2 rings (SSSR count). The number of rotatable bonds is 9. The van der Waals surface area contributed by atoms with Gasteiger partial charge < -0.3 is 19.9 Å². The number of esters is 1. The van der Waals surface area contributed by atoms with Crippen molar-refractivity contribution in [3.05, 3.63) is 45.6 Å². The van der Waals surface area contributed by atoms with Gasteiger partial charge in [-0.15, -0.1) is 0 Å². The van der Waals surface area contributed by atoms with Crippen molar-refractivity contribution >= 4 is 58.6 Å². The number of amides is 2. The van der Waals surface area contributed by atoms with Crippen molar-refractivity contribution in [2.75, 3.05) is 23.9 Å². The number of aromatic nitrogens is 1. The number of carbonyl (C=O) groups is 3. The molecule has 0 spiro atoms. The molecule has 0 bridgehead atoms. The van der Waals surface area contributed by atoms with Gasteiger partial charge in [0.2, 0.25) is 0 Å². The molecule has 0 saturated heterocycles. The zero-order valence-corrected chi connectivity index (χ0v) is 18.0. The number of hydrogen-bond acceptors (Lipinski definition) is 7. The van der Waals surface area contributed by atoms with E-state index in [4.69, 9.17) is 32.5 Å². The standard InChI is InChI=1S/C18H19Cl2N3O5S/c1-10-7-15(23-28-10)22-16(24)9-27-18(26)14(5-6-29-2)21-17(25)12-4-3-11(19)8-13(12)20/h3-4,7-8,14H,5-6,9H2,1-2H3,(H,21,25)(H,22,23,24). The lowest BCUT2D eigenvalue weighted by Gasteiger charge is -2.17. The largest absolute Gasteiger partial charge is 0.454 e. The highest BCUT2D eigenvalue weighted by Crippen LogP contribution is 2.21. The van der Waals surface area contributed by atoms with Crippen molar-refractivity contribution in [2.24, 2.45) is 0 Å². The lowest BCUT2D eigenvalue weighted by Crippen LogP contribution is -2.43. The van der Waals surface area contributed by atoms with Crippen LogP contribution in [0, 0.1) is 6.92 Å². The van der Waals surface area contributed by atoms with E-state index in [0.717, 1.165) is 0 Å². The number of nitrogens with zero attached hydrogens (tertiary/aromatic N) is 1. The average molecular weight is 460 g/mol. The average Bonchev–Trinajstić information content (AvgIpc) is 3.07. The molecule has 1 unspecified atom stereocenters. The van der Waals surface area contributed by atoms with Crippen LogP contribution >= 0.6 is 35.0 Å². The molecular weight excluding hydrogens is 441 g/mol. The number of benzene rings is 1. The summed E-state index contributed by atoms with van der Waals surface area (Å²) in [5.74, 6) is -0.520. The van der Waals surface area contributed by atoms with E-state index in [1.807, 2.05) is 6.26 Å². The molecule has 11 heteroatoms. The van der Waals surface area contributed by atoms with E-state index in [-0.39, 0.29) is 16.4 Å². The highest BCUT2D eigenvalue weighted by atomic mass is 35.5. The van der Waals surface area contributed by atoms with Gasteiger partial charge in [0, 0.05) is 11.1 Å². The fourth-order valence-corrected chi connectivity index (χ4v) is 3.20. The first-order chi connectivity index (χ1) is 13.8. The van der Waals surface area contributed by atoms with Gasteiger partial charge in [0.25, 0.3) is 11.8 Å². The summed E-state index contributed by atoms with van der Waals surface area (Å²) in [6.45, 7) is 1.15. The van der Waals surface area contributed by atoms with Gasteiger partial charge in [-0.2, -0.15) is 11.8 Å². The lowest BCUT2D eigenvalue weighted by atomic mass is 10.1. The minimum Gasteiger partial charge on any atom is -0.454 e. The summed E-state index contributed by atoms with van der Waals surface area (Å²) in [4.78, 5) is 36.8. The number of aryl methyl sites for hydroxylation is 1. The molecule has 29 heavy (non-hydrogen) atoms. The molecule has 0 aliphatic carbocycles. The summed E-state index contributed by atoms with van der Waals surface area (Å²) in [7, 11) is 0. The quantitative estimate of drug-likeness (QED) is 0.553. The van der Waals surface area contributed by atoms with Crippen LogP contribution in [0.2, 0.25) is 10.0 Å². The molecule has 0 saturated carbocycles. The summed E-state index contributed by atoms with van der Waals surface area (Å²) in [5.41, 5.74) is 0.178. The Labute approximate surface area is 181 Å². The van der Waals surface area contributed by atoms with Gasteiger partial charge in [-0.25, -0.2) is 4.79 Å². The second-order valence-corrected chi connectivity index (χ2v) is 7.74. The van der Waals surface area contributed by atoms with Crippen LogP contribution < -0.4 is 10.6 Å². The minimum atomic E-state index is -0.941. The van der Waals surface area contributed by atoms with Gasteiger partial charge in [-0.3, -0.25) is 9.59 Å². The molecule has 2 N–H and O–H groups in total. The normalized spacial score (nSPS) is 11.6. The molecule has 1 heterocycles. The number of anilines is 1. The fraction of sp³-hybridized carbons (Fsp3) is 0.333. The molecule has 156 valence electrons. The Morgan fingerprint density at radius 2 is 2.03 bits per heavy atom. The smallest absolute Gasteiger partial charge is 0.329 e. The minimum absolute atomic E-state index is 0.161. The van der Waals surface area contributed by atoms with E-state index in [2.05, 4.69) is 15.8 Å². The number of ether oxygens (including phenoxy) is 1. The van der Waals surface area contributed by atoms with E-state index < -0.39 is 30.4 Å². The van der Waals surface area contributed by atoms with E-state index in [1.54, 1.807) is 6.92 Å². The third-order valence-corrected chi connectivity index (χ3v) is 4.81. The molecule has 0 radical (unpaired) electrons. The highest BCUT2D eigenvalue weighted by molar-refractivity contribution is 7.98. The second kappa shape index (κ2) is 11.1. The number of halogens is 2. The van der Waals surface area contributed by atoms with Gasteiger partial charge in [-0.05, 0) is 43.6 Å². The molecule has 8 nitrogen and oxygen atoms in total. The van der Waals surface area contributed by atoms with Crippen LogP contribution in [-0.2, 0) is 14.3 Å². The van der Waals surface area contributed by atoms with Crippen molar-refractivity contribution in [1.82, 2.24) is 10.5 Å². The predicted molar refractivity (Wildman–Crippen MR) is 112 cm³/mol. The SMILES string of the molecule is CSCCC(NC(=O)c1ccc(Cl)cc1Cl)C(=O)OCC(=O)Nc1cc(C)on1. The zero-order chi connectivity index (χ0) is 21.4. The number of carbonyl (C=O) groups excluding carboxylic acids is 3. The number of hydrogen-bond donors (Lipinski definition) is 2. The summed E-state index contributed by atoms with van der Waals surface area (Å²) < 4.78 is 9.88. The van der Waals surface area contributed by atoms with E-state index in [9.17, 15) is 14.4 Å². The summed E-state index contributed by atoms with van der Waals surface area (Å²) >= 11 is 13.4. The molecule has 2 aromatic rings. The highest BCUT2D eigenvalue weighted by Gasteiger charge is 2.24. The topological polar surface area (TPSA) is 111 Å². The second-order valence-electron chi connectivity index (χ2n) is 5.91. The summed E-state index contributed by atoms with van der Waals surface area (Å²) in [5, 5.41) is 9.19. The third kappa shape index (κ3) is 7.26. The Bertz CT molecular complexity index is 890. The first kappa shape index (κ1) is 23.1. The molecule has 2 amide bonds. The lowest BCUT2D eigenvalue weighted by molar-refractivity contribution is -0.149. The maximum absolute atomic E-state index is 12.5. The maximum atomic E-state index is 12.5. The Kier molecular flexibility index (Phi) is 8.81. The molecule has 1 aromatic heterocycles. The van der Waals surface area contributed by atoms with Gasteiger partial charge >= 0.3 is 5.97 Å². The van der Waals surface area contributed by atoms with E-state index in [1.165, 1.54) is 36.0 Å². The summed E-state index contributed by atoms with van der Waals surface area (Å²) in [6.07, 6.45) is 2.19. The molecule has 1 atom stereocenters. The summed E-state index contributed by atoms with van der Waals surface area (Å²) in [6, 6.07) is 5.00.